The lowest BCUT2D eigenvalue weighted by Crippen LogP contribution is -2.25. The van der Waals surface area contributed by atoms with Gasteiger partial charge in [0.25, 0.3) is 0 Å². The van der Waals surface area contributed by atoms with Gasteiger partial charge in [0.15, 0.2) is 27.4 Å². The molecule has 0 N–H and O–H groups in total. The van der Waals surface area contributed by atoms with E-state index in [1.165, 1.54) is 4.13 Å². The van der Waals surface area contributed by atoms with Crippen LogP contribution in [0.3, 0.4) is 0 Å². The Labute approximate surface area is 166 Å². The second-order valence-electron chi connectivity index (χ2n) is 6.10. The highest BCUT2D eigenvalue weighted by Gasteiger charge is 2.42. The van der Waals surface area contributed by atoms with E-state index in [1.54, 1.807) is 6.08 Å². The number of allylic oxidation sites excluding steroid dienone is 2. The fourth-order valence-corrected chi connectivity index (χ4v) is 4.84. The third-order valence-electron chi connectivity index (χ3n) is 3.93. The molecule has 15 heteroatoms. The number of nitrogens with zero attached hydrogens (tertiary/aromatic N) is 1. The normalized spacial score (nSPS) is 19.8. The summed E-state index contributed by atoms with van der Waals surface area (Å²) in [6.45, 7) is 0. The molecule has 0 saturated carbocycles. The Kier molecular flexibility index (Phi) is 7.08. The molecule has 0 aliphatic heterocycles. The maximum absolute atomic E-state index is 14.2. The number of ether oxygens (including phenoxy) is 1. The zero-order valence-electron chi connectivity index (χ0n) is 14.7. The van der Waals surface area contributed by atoms with E-state index in [0.29, 0.717) is 19.3 Å². The lowest BCUT2D eigenvalue weighted by molar-refractivity contribution is -0.0425. The molecule has 0 radical (unpaired) electrons. The first kappa shape index (κ1) is 24.4. The van der Waals surface area contributed by atoms with Crippen molar-refractivity contribution in [3.63, 3.8) is 0 Å². The smallest absolute Gasteiger partial charge is 0.480 e. The Morgan fingerprint density at radius 1 is 0.867 bits per heavy atom. The van der Waals surface area contributed by atoms with Gasteiger partial charge < -0.3 is 8.86 Å². The van der Waals surface area contributed by atoms with E-state index < -0.39 is 65.6 Å². The second kappa shape index (κ2) is 8.70. The second-order valence-corrected chi connectivity index (χ2v) is 9.47. The molecule has 1 aromatic rings. The maximum Gasteiger partial charge on any atom is 0.480 e. The van der Waals surface area contributed by atoms with Crippen LogP contribution in [0.15, 0.2) is 17.0 Å². The first-order valence-corrected chi connectivity index (χ1v) is 11.0. The van der Waals surface area contributed by atoms with Gasteiger partial charge in [0.1, 0.15) is 14.9 Å². The molecule has 1 unspecified atom stereocenters. The topological polar surface area (TPSA) is 91.6 Å². The van der Waals surface area contributed by atoms with Gasteiger partial charge in [-0.1, -0.05) is 12.2 Å². The molecular weight excluding hydrogens is 471 g/mol. The van der Waals surface area contributed by atoms with Crippen LogP contribution >= 0.6 is 0 Å². The van der Waals surface area contributed by atoms with Crippen LogP contribution in [0.5, 0.6) is 5.75 Å². The fraction of sp³-hybridized carbons (Fsp3) is 0.467. The van der Waals surface area contributed by atoms with Crippen LogP contribution in [-0.2, 0) is 20.0 Å². The Balaban J connectivity index is 2.49. The summed E-state index contributed by atoms with van der Waals surface area (Å²) in [4.78, 5) is -2.63. The van der Waals surface area contributed by atoms with Gasteiger partial charge in [0, 0.05) is 0 Å². The van der Waals surface area contributed by atoms with Crippen molar-refractivity contribution in [3.05, 3.63) is 39.5 Å². The highest BCUT2D eigenvalue weighted by atomic mass is 32.3. The molecule has 0 spiro atoms. The molecule has 1 aliphatic carbocycles. The summed E-state index contributed by atoms with van der Waals surface area (Å²) in [6, 6.07) is 0. The highest BCUT2D eigenvalue weighted by molar-refractivity contribution is 8.12. The summed E-state index contributed by atoms with van der Waals surface area (Å²) >= 11 is 0. The monoisotopic (exact) mass is 484 g/mol. The van der Waals surface area contributed by atoms with Gasteiger partial charge in [-0.25, -0.2) is 25.6 Å². The van der Waals surface area contributed by atoms with Crippen molar-refractivity contribution in [2.75, 3.05) is 0 Å². The number of hydrogen-bond acceptors (Lipinski definition) is 5. The summed E-state index contributed by atoms with van der Waals surface area (Å²) in [5.41, 5.74) is -6.24. The molecule has 1 aliphatic rings. The molecule has 0 heterocycles. The predicted octanol–water partition coefficient (Wildman–Crippen LogP) is 4.42. The number of alkyl halides is 3. The Bertz CT molecular complexity index is 1020. The molecule has 0 saturated heterocycles. The van der Waals surface area contributed by atoms with Crippen molar-refractivity contribution >= 4 is 20.0 Å². The molecule has 0 fully saturated rings. The minimum absolute atomic E-state index is 0.206. The standard InChI is InChI=1S/C15H13F7NO5S2/c16-9-11(18)14(29(24,25)23-30(26,27)15(20,21)22)12(19)10(17)13(9)28-8-6-4-2-1-3-5-7-8/h1-2,8H,3-7H2/q-1/b2-1-. The zero-order chi connectivity index (χ0) is 22.9. The van der Waals surface area contributed by atoms with Gasteiger partial charge in [0.05, 0.1) is 6.10 Å². The summed E-state index contributed by atoms with van der Waals surface area (Å²) in [6.07, 6.45) is 4.70. The van der Waals surface area contributed by atoms with Gasteiger partial charge in [-0.3, -0.25) is 0 Å². The Morgan fingerprint density at radius 3 is 1.93 bits per heavy atom. The average Bonchev–Trinajstić information content (AvgIpc) is 2.56. The number of hydrogen-bond donors (Lipinski definition) is 0. The minimum Gasteiger partial charge on any atom is -0.484 e. The molecule has 1 atom stereocenters. The quantitative estimate of drug-likeness (QED) is 0.351. The van der Waals surface area contributed by atoms with Gasteiger partial charge in [0.2, 0.25) is 11.6 Å². The molecule has 30 heavy (non-hydrogen) atoms. The zero-order valence-corrected chi connectivity index (χ0v) is 16.4. The van der Waals surface area contributed by atoms with E-state index in [1.807, 2.05) is 6.08 Å². The van der Waals surface area contributed by atoms with E-state index in [2.05, 4.69) is 0 Å². The van der Waals surface area contributed by atoms with Crippen molar-refractivity contribution in [1.29, 1.82) is 0 Å². The maximum atomic E-state index is 14.2. The van der Waals surface area contributed by atoms with Gasteiger partial charge >= 0.3 is 5.51 Å². The van der Waals surface area contributed by atoms with Crippen molar-refractivity contribution < 1.29 is 52.3 Å². The lowest BCUT2D eigenvalue weighted by Gasteiger charge is -2.24. The van der Waals surface area contributed by atoms with Crippen LogP contribution in [0.2, 0.25) is 0 Å². The summed E-state index contributed by atoms with van der Waals surface area (Å²) < 4.78 is 145. The molecule has 0 amide bonds. The van der Waals surface area contributed by atoms with Crippen LogP contribution in [0.1, 0.15) is 32.1 Å². The van der Waals surface area contributed by atoms with Gasteiger partial charge in [-0.2, -0.15) is 22.0 Å². The Morgan fingerprint density at radius 2 is 1.40 bits per heavy atom. The van der Waals surface area contributed by atoms with E-state index in [4.69, 9.17) is 4.74 Å². The lowest BCUT2D eigenvalue weighted by atomic mass is 10.0. The SMILES string of the molecule is O=S(=O)([N-]S(=O)(=O)C(F)(F)F)c1c(F)c(F)c(OC2CC/C=C\CCC2)c(F)c1F. The average molecular weight is 484 g/mol. The van der Waals surface area contributed by atoms with Crippen LogP contribution in [0.25, 0.3) is 4.13 Å². The van der Waals surface area contributed by atoms with Crippen molar-refractivity contribution in [2.24, 2.45) is 0 Å². The number of rotatable bonds is 5. The van der Waals surface area contributed by atoms with Gasteiger partial charge in [-0.05, 0) is 32.1 Å². The first-order chi connectivity index (χ1) is 13.7. The molecule has 6 nitrogen and oxygen atoms in total. The largest absolute Gasteiger partial charge is 0.484 e. The highest BCUT2D eigenvalue weighted by Crippen LogP contribution is 2.38. The number of halogens is 7. The first-order valence-electron chi connectivity index (χ1n) is 8.17. The molecular formula is C15H13F7NO5S2-. The number of sulfonamides is 2. The van der Waals surface area contributed by atoms with E-state index in [9.17, 15) is 47.6 Å². The van der Waals surface area contributed by atoms with E-state index in [-0.39, 0.29) is 12.8 Å². The molecule has 0 bridgehead atoms. The Hall–Kier alpha value is -1.87. The van der Waals surface area contributed by atoms with Crippen LogP contribution in [-0.4, -0.2) is 28.4 Å². The van der Waals surface area contributed by atoms with Crippen molar-refractivity contribution in [3.8, 4) is 5.75 Å². The van der Waals surface area contributed by atoms with E-state index >= 15 is 0 Å². The minimum atomic E-state index is -6.78. The molecule has 0 aromatic heterocycles. The fourth-order valence-electron chi connectivity index (χ4n) is 2.54. The third kappa shape index (κ3) is 5.06. The predicted molar refractivity (Wildman–Crippen MR) is 88.4 cm³/mol. The van der Waals surface area contributed by atoms with Crippen molar-refractivity contribution in [1.82, 2.24) is 0 Å². The van der Waals surface area contributed by atoms with Crippen molar-refractivity contribution in [2.45, 2.75) is 48.6 Å². The van der Waals surface area contributed by atoms with Gasteiger partial charge in [-0.15, -0.1) is 0 Å². The summed E-state index contributed by atoms with van der Waals surface area (Å²) in [5, 5.41) is 0. The van der Waals surface area contributed by atoms with Crippen LogP contribution in [0.4, 0.5) is 30.7 Å². The molecule has 170 valence electrons. The molecule has 1 aromatic carbocycles. The summed E-state index contributed by atoms with van der Waals surface area (Å²) in [5.74, 6) is -11.7. The van der Waals surface area contributed by atoms with Crippen LogP contribution < -0.4 is 4.74 Å². The van der Waals surface area contributed by atoms with E-state index in [0.717, 1.165) is 0 Å². The molecule has 2 rings (SSSR count). The van der Waals surface area contributed by atoms with Crippen LogP contribution in [0, 0.1) is 23.3 Å². The summed E-state index contributed by atoms with van der Waals surface area (Å²) in [7, 11) is -13.1. The third-order valence-corrected chi connectivity index (χ3v) is 6.96. The number of benzene rings is 1.